The van der Waals surface area contributed by atoms with E-state index in [1.807, 2.05) is 4.90 Å². The van der Waals surface area contributed by atoms with Gasteiger partial charge in [0.25, 0.3) is 5.69 Å². The van der Waals surface area contributed by atoms with Crippen LogP contribution in [-0.4, -0.2) is 38.8 Å². The monoisotopic (exact) mass is 408 g/mol. The van der Waals surface area contributed by atoms with Gasteiger partial charge in [0, 0.05) is 30.6 Å². The van der Waals surface area contributed by atoms with E-state index in [1.165, 1.54) is 12.1 Å². The Morgan fingerprint density at radius 2 is 1.90 bits per heavy atom. The number of carbonyl (C=O) groups is 1. The van der Waals surface area contributed by atoms with Gasteiger partial charge in [-0.2, -0.15) is 0 Å². The third kappa shape index (κ3) is 2.18. The van der Waals surface area contributed by atoms with Crippen LogP contribution in [0.15, 0.2) is 18.2 Å². The molecule has 1 aliphatic heterocycles. The van der Waals surface area contributed by atoms with Gasteiger partial charge in [0.1, 0.15) is 0 Å². The lowest BCUT2D eigenvalue weighted by molar-refractivity contribution is -0.384. The van der Waals surface area contributed by atoms with Crippen molar-refractivity contribution in [2.45, 2.75) is 64.2 Å². The topological polar surface area (TPSA) is 89.2 Å². The van der Waals surface area contributed by atoms with Crippen LogP contribution < -0.4 is 0 Å². The Bertz CT molecular complexity index is 1100. The molecule has 2 fully saturated rings. The average Bonchev–Trinajstić information content (AvgIpc) is 3.00. The summed E-state index contributed by atoms with van der Waals surface area (Å²) in [6.07, 6.45) is 3.84. The fraction of sp³-hybridized carbons (Fsp3) is 0.609. The Kier molecular flexibility index (Phi) is 3.87. The number of aromatic nitrogens is 2. The smallest absolute Gasteiger partial charge is 0.271 e. The summed E-state index contributed by atoms with van der Waals surface area (Å²) >= 11 is 0. The molecule has 5 rings (SSSR count). The SMILES string of the molecule is CC1CCCN(C(=O)C23CCC(C)(c4nc5ccc([N+](=O)[O-])cc5nc42)C3(C)C)C1. The number of rotatable bonds is 2. The number of benzene rings is 1. The van der Waals surface area contributed by atoms with E-state index in [-0.39, 0.29) is 22.4 Å². The highest BCUT2D eigenvalue weighted by Crippen LogP contribution is 2.70. The number of nitrogens with zero attached hydrogens (tertiary/aromatic N) is 4. The number of nitro benzene ring substituents is 1. The second kappa shape index (κ2) is 5.99. The Labute approximate surface area is 176 Å². The predicted octanol–water partition coefficient (Wildman–Crippen LogP) is 4.13. The van der Waals surface area contributed by atoms with Crippen molar-refractivity contribution in [3.8, 4) is 0 Å². The van der Waals surface area contributed by atoms with Crippen LogP contribution in [0.3, 0.4) is 0 Å². The summed E-state index contributed by atoms with van der Waals surface area (Å²) in [6, 6.07) is 4.62. The normalized spacial score (nSPS) is 31.7. The van der Waals surface area contributed by atoms with Gasteiger partial charge in [-0.15, -0.1) is 0 Å². The molecule has 3 unspecified atom stereocenters. The van der Waals surface area contributed by atoms with Crippen molar-refractivity contribution in [1.29, 1.82) is 0 Å². The summed E-state index contributed by atoms with van der Waals surface area (Å²) in [5.41, 5.74) is 1.49. The molecule has 0 spiro atoms. The second-order valence-corrected chi connectivity index (χ2v) is 10.2. The molecule has 1 aromatic heterocycles. The van der Waals surface area contributed by atoms with Crippen molar-refractivity contribution in [3.05, 3.63) is 39.7 Å². The van der Waals surface area contributed by atoms with E-state index >= 15 is 0 Å². The van der Waals surface area contributed by atoms with Crippen molar-refractivity contribution < 1.29 is 9.72 Å². The number of likely N-dealkylation sites (tertiary alicyclic amines) is 1. The van der Waals surface area contributed by atoms with E-state index in [2.05, 4.69) is 27.7 Å². The molecule has 0 radical (unpaired) electrons. The molecule has 158 valence electrons. The number of piperidine rings is 1. The van der Waals surface area contributed by atoms with Gasteiger partial charge >= 0.3 is 0 Å². The molecule has 2 aliphatic carbocycles. The molecule has 7 nitrogen and oxygen atoms in total. The van der Waals surface area contributed by atoms with Crippen molar-refractivity contribution in [2.24, 2.45) is 11.3 Å². The van der Waals surface area contributed by atoms with Crippen LogP contribution in [-0.2, 0) is 15.6 Å². The van der Waals surface area contributed by atoms with E-state index in [9.17, 15) is 14.9 Å². The van der Waals surface area contributed by atoms with Gasteiger partial charge in [-0.3, -0.25) is 14.9 Å². The first-order chi connectivity index (χ1) is 14.1. The fourth-order valence-electron chi connectivity index (χ4n) is 6.32. The first kappa shape index (κ1) is 19.4. The summed E-state index contributed by atoms with van der Waals surface area (Å²) in [5, 5.41) is 11.3. The number of carbonyl (C=O) groups excluding carboxylic acids is 1. The highest BCUT2D eigenvalue weighted by Gasteiger charge is 2.73. The Balaban J connectivity index is 1.72. The summed E-state index contributed by atoms with van der Waals surface area (Å²) in [5.74, 6) is 0.668. The minimum Gasteiger partial charge on any atom is -0.342 e. The molecule has 3 aliphatic rings. The fourth-order valence-corrected chi connectivity index (χ4v) is 6.32. The minimum absolute atomic E-state index is 0.00406. The van der Waals surface area contributed by atoms with Crippen LogP contribution in [0.4, 0.5) is 5.69 Å². The van der Waals surface area contributed by atoms with Crippen LogP contribution in [0.1, 0.15) is 64.8 Å². The maximum atomic E-state index is 14.1. The molecule has 7 heteroatoms. The van der Waals surface area contributed by atoms with Crippen LogP contribution >= 0.6 is 0 Å². The van der Waals surface area contributed by atoms with E-state index in [1.54, 1.807) is 6.07 Å². The molecule has 0 N–H and O–H groups in total. The van der Waals surface area contributed by atoms with Crippen molar-refractivity contribution in [1.82, 2.24) is 14.9 Å². The number of fused-ring (bicyclic) bond motifs is 6. The zero-order valence-corrected chi connectivity index (χ0v) is 18.1. The van der Waals surface area contributed by atoms with Crippen LogP contribution in [0.25, 0.3) is 11.0 Å². The maximum Gasteiger partial charge on any atom is 0.271 e. The first-order valence-electron chi connectivity index (χ1n) is 10.9. The van der Waals surface area contributed by atoms with Gasteiger partial charge in [0.15, 0.2) is 0 Å². The zero-order chi connectivity index (χ0) is 21.5. The number of hydrogen-bond donors (Lipinski definition) is 0. The standard InChI is InChI=1S/C23H28N4O3/c1-14-6-5-11-26(13-14)20(28)23-10-9-22(4,21(23,2)3)18-19(23)25-17-12-15(27(29)30)7-8-16(17)24-18/h7-8,12,14H,5-6,9-11,13H2,1-4H3. The molecule has 2 aromatic rings. The van der Waals surface area contributed by atoms with Gasteiger partial charge in [0.05, 0.1) is 32.8 Å². The molecule has 1 saturated heterocycles. The van der Waals surface area contributed by atoms with Crippen molar-refractivity contribution >= 4 is 22.6 Å². The predicted molar refractivity (Wildman–Crippen MR) is 113 cm³/mol. The highest BCUT2D eigenvalue weighted by atomic mass is 16.6. The van der Waals surface area contributed by atoms with Gasteiger partial charge in [-0.25, -0.2) is 9.97 Å². The summed E-state index contributed by atoms with van der Waals surface area (Å²) in [4.78, 5) is 36.8. The quantitative estimate of drug-likeness (QED) is 0.551. The third-order valence-corrected chi connectivity index (χ3v) is 8.54. The Morgan fingerprint density at radius 3 is 2.60 bits per heavy atom. The van der Waals surface area contributed by atoms with Crippen LogP contribution in [0, 0.1) is 21.4 Å². The molecule has 30 heavy (non-hydrogen) atoms. The number of amides is 1. The van der Waals surface area contributed by atoms with Crippen LogP contribution in [0.5, 0.6) is 0 Å². The van der Waals surface area contributed by atoms with Gasteiger partial charge in [-0.05, 0) is 43.1 Å². The Hall–Kier alpha value is -2.57. The number of nitro groups is 1. The highest BCUT2D eigenvalue weighted by molar-refractivity contribution is 5.93. The number of non-ortho nitro benzene ring substituents is 1. The first-order valence-corrected chi connectivity index (χ1v) is 10.9. The average molecular weight is 409 g/mol. The third-order valence-electron chi connectivity index (χ3n) is 8.54. The van der Waals surface area contributed by atoms with Crippen LogP contribution in [0.2, 0.25) is 0 Å². The molecule has 1 saturated carbocycles. The van der Waals surface area contributed by atoms with Gasteiger partial charge in [0.2, 0.25) is 5.91 Å². The second-order valence-electron chi connectivity index (χ2n) is 10.2. The van der Waals surface area contributed by atoms with Gasteiger partial charge < -0.3 is 4.90 Å². The molecular formula is C23H28N4O3. The van der Waals surface area contributed by atoms with Gasteiger partial charge in [-0.1, -0.05) is 27.7 Å². The molecule has 2 heterocycles. The zero-order valence-electron chi connectivity index (χ0n) is 18.1. The van der Waals surface area contributed by atoms with E-state index in [4.69, 9.17) is 9.97 Å². The number of hydrogen-bond acceptors (Lipinski definition) is 5. The summed E-state index contributed by atoms with van der Waals surface area (Å²) in [6.45, 7) is 10.4. The molecule has 2 bridgehead atoms. The van der Waals surface area contributed by atoms with Crippen molar-refractivity contribution in [2.75, 3.05) is 13.1 Å². The van der Waals surface area contributed by atoms with E-state index in [0.29, 0.717) is 17.0 Å². The van der Waals surface area contributed by atoms with Crippen molar-refractivity contribution in [3.63, 3.8) is 0 Å². The largest absolute Gasteiger partial charge is 0.342 e. The maximum absolute atomic E-state index is 14.1. The molecule has 1 aromatic carbocycles. The molecular weight excluding hydrogens is 380 g/mol. The Morgan fingerprint density at radius 1 is 1.17 bits per heavy atom. The lowest BCUT2D eigenvalue weighted by atomic mass is 9.63. The van der Waals surface area contributed by atoms with E-state index in [0.717, 1.165) is 50.2 Å². The summed E-state index contributed by atoms with van der Waals surface area (Å²) < 4.78 is 0. The van der Waals surface area contributed by atoms with E-state index < -0.39 is 10.3 Å². The summed E-state index contributed by atoms with van der Waals surface area (Å²) in [7, 11) is 0. The molecule has 1 amide bonds. The molecule has 3 atom stereocenters. The minimum atomic E-state index is -0.722. The lowest BCUT2D eigenvalue weighted by Gasteiger charge is -2.43. The lowest BCUT2D eigenvalue weighted by Crippen LogP contribution is -2.54.